The fraction of sp³-hybridized carbons (Fsp3) is 0.833. The molecule has 0 amide bonds. The van der Waals surface area contributed by atoms with E-state index >= 15 is 0 Å². The summed E-state index contributed by atoms with van der Waals surface area (Å²) in [5.41, 5.74) is 0. The van der Waals surface area contributed by atoms with Crippen LogP contribution in [0.15, 0.2) is 0 Å². The van der Waals surface area contributed by atoms with Crippen LogP contribution in [0.5, 0.6) is 0 Å². The van der Waals surface area contributed by atoms with Crippen molar-refractivity contribution in [1.82, 2.24) is 0 Å². The maximum Gasteiger partial charge on any atom is 0.162 e. The van der Waals surface area contributed by atoms with Crippen LogP contribution < -0.4 is 0 Å². The Morgan fingerprint density at radius 1 is 1.67 bits per heavy atom. The molecule has 2 nitrogen and oxygen atoms in total. The molecule has 0 fully saturated rings. The molecular weight excluding hydrogens is 136 g/mol. The van der Waals surface area contributed by atoms with E-state index in [0.717, 1.165) is 0 Å². The van der Waals surface area contributed by atoms with E-state index in [1.807, 2.05) is 13.8 Å². The van der Waals surface area contributed by atoms with Gasteiger partial charge in [-0.1, -0.05) is 13.8 Å². The maximum absolute atomic E-state index is 8.31. The lowest BCUT2D eigenvalue weighted by Gasteiger charge is -2.07. The molecule has 0 rings (SSSR count). The van der Waals surface area contributed by atoms with Crippen LogP contribution in [0.3, 0.4) is 0 Å². The highest BCUT2D eigenvalue weighted by atomic mass is 32.1. The molecule has 0 aromatic heterocycles. The molecule has 0 aromatic rings. The van der Waals surface area contributed by atoms with Crippen molar-refractivity contribution in [3.63, 3.8) is 0 Å². The first-order valence-electron chi connectivity index (χ1n) is 2.96. The Labute approximate surface area is 60.8 Å². The van der Waals surface area contributed by atoms with Crippen LogP contribution in [-0.2, 0) is 4.74 Å². The lowest BCUT2D eigenvalue weighted by Crippen LogP contribution is -2.11. The molecule has 0 saturated carbocycles. The molecule has 0 unspecified atom stereocenters. The second-order valence-corrected chi connectivity index (χ2v) is 2.45. The summed E-state index contributed by atoms with van der Waals surface area (Å²) < 4.78 is 4.93. The summed E-state index contributed by atoms with van der Waals surface area (Å²) >= 11 is 4.81. The Morgan fingerprint density at radius 3 is 2.56 bits per heavy atom. The second-order valence-electron chi connectivity index (χ2n) is 2.05. The minimum absolute atomic E-state index is 0.0346. The van der Waals surface area contributed by atoms with Crippen LogP contribution >= 0.6 is 12.2 Å². The van der Waals surface area contributed by atoms with Crippen molar-refractivity contribution in [3.8, 4) is 0 Å². The second kappa shape index (κ2) is 4.70. The highest BCUT2D eigenvalue weighted by Crippen LogP contribution is 1.97. The van der Waals surface area contributed by atoms with Gasteiger partial charge in [-0.25, -0.2) is 0 Å². The quantitative estimate of drug-likeness (QED) is 0.605. The topological polar surface area (TPSA) is 29.5 Å². The van der Waals surface area contributed by atoms with Gasteiger partial charge in [0.25, 0.3) is 0 Å². The highest BCUT2D eigenvalue weighted by molar-refractivity contribution is 7.80. The monoisotopic (exact) mass is 148 g/mol. The fourth-order valence-electron chi connectivity index (χ4n) is 0.313. The number of thiocarbonyl (C=S) groups is 1. The SMILES string of the molecule is CC(C)C(=S)OCCO. The van der Waals surface area contributed by atoms with E-state index in [-0.39, 0.29) is 12.5 Å². The number of rotatable bonds is 3. The van der Waals surface area contributed by atoms with Crippen LogP contribution in [0.25, 0.3) is 0 Å². The van der Waals surface area contributed by atoms with Gasteiger partial charge >= 0.3 is 0 Å². The first kappa shape index (κ1) is 8.85. The van der Waals surface area contributed by atoms with E-state index in [2.05, 4.69) is 0 Å². The smallest absolute Gasteiger partial charge is 0.162 e. The van der Waals surface area contributed by atoms with Crippen LogP contribution in [-0.4, -0.2) is 23.4 Å². The number of ether oxygens (including phenoxy) is 1. The molecule has 3 heteroatoms. The minimum atomic E-state index is 0.0346. The Morgan fingerprint density at radius 2 is 2.22 bits per heavy atom. The largest absolute Gasteiger partial charge is 0.484 e. The Bertz CT molecular complexity index is 91.1. The van der Waals surface area contributed by atoms with Crippen molar-refractivity contribution in [3.05, 3.63) is 0 Å². The number of aliphatic hydroxyl groups is 1. The van der Waals surface area contributed by atoms with Crippen molar-refractivity contribution in [2.24, 2.45) is 5.92 Å². The molecule has 0 spiro atoms. The molecule has 1 N–H and O–H groups in total. The molecule has 0 aliphatic heterocycles. The third-order valence-electron chi connectivity index (χ3n) is 0.807. The van der Waals surface area contributed by atoms with Gasteiger partial charge < -0.3 is 9.84 Å². The standard InChI is InChI=1S/C6H12O2S/c1-5(2)6(9)8-4-3-7/h5,7H,3-4H2,1-2H3. The van der Waals surface area contributed by atoms with Gasteiger partial charge in [0.2, 0.25) is 0 Å². The Balaban J connectivity index is 3.28. The molecule has 0 saturated heterocycles. The summed E-state index contributed by atoms with van der Waals surface area (Å²) in [6.07, 6.45) is 0. The third-order valence-corrected chi connectivity index (χ3v) is 1.40. The van der Waals surface area contributed by atoms with E-state index in [0.29, 0.717) is 11.7 Å². The van der Waals surface area contributed by atoms with Gasteiger partial charge in [0.1, 0.15) is 6.61 Å². The van der Waals surface area contributed by atoms with Crippen LogP contribution in [0.1, 0.15) is 13.8 Å². The molecule has 0 aliphatic carbocycles. The van der Waals surface area contributed by atoms with Crippen molar-refractivity contribution in [1.29, 1.82) is 0 Å². The predicted octanol–water partition coefficient (Wildman–Crippen LogP) is 0.979. The van der Waals surface area contributed by atoms with Gasteiger partial charge in [-0.3, -0.25) is 0 Å². The Hall–Kier alpha value is -0.150. The van der Waals surface area contributed by atoms with E-state index < -0.39 is 0 Å². The first-order chi connectivity index (χ1) is 4.18. The molecule has 9 heavy (non-hydrogen) atoms. The lowest BCUT2D eigenvalue weighted by molar-refractivity contribution is 0.191. The molecule has 0 heterocycles. The number of hydrogen-bond acceptors (Lipinski definition) is 3. The predicted molar refractivity (Wildman–Crippen MR) is 40.5 cm³/mol. The zero-order valence-corrected chi connectivity index (χ0v) is 6.57. The van der Waals surface area contributed by atoms with Gasteiger partial charge in [-0.15, -0.1) is 0 Å². The average Bonchev–Trinajstić information content (AvgIpc) is 1.82. The van der Waals surface area contributed by atoms with Crippen molar-refractivity contribution in [2.75, 3.05) is 13.2 Å². The van der Waals surface area contributed by atoms with Crippen LogP contribution in [0.2, 0.25) is 0 Å². The molecule has 0 aliphatic rings. The zero-order valence-electron chi connectivity index (χ0n) is 5.76. The van der Waals surface area contributed by atoms with Gasteiger partial charge in [0, 0.05) is 5.92 Å². The molecular formula is C6H12O2S. The van der Waals surface area contributed by atoms with Gasteiger partial charge in [-0.05, 0) is 12.2 Å². The summed E-state index contributed by atoms with van der Waals surface area (Å²) in [7, 11) is 0. The van der Waals surface area contributed by atoms with Crippen molar-refractivity contribution < 1.29 is 9.84 Å². The van der Waals surface area contributed by atoms with E-state index in [1.54, 1.807) is 0 Å². The maximum atomic E-state index is 8.31. The van der Waals surface area contributed by atoms with Gasteiger partial charge in [0.05, 0.1) is 6.61 Å². The van der Waals surface area contributed by atoms with E-state index in [9.17, 15) is 0 Å². The van der Waals surface area contributed by atoms with E-state index in [4.69, 9.17) is 22.1 Å². The van der Waals surface area contributed by atoms with Crippen LogP contribution in [0, 0.1) is 5.92 Å². The third kappa shape index (κ3) is 4.36. The van der Waals surface area contributed by atoms with Gasteiger partial charge in [-0.2, -0.15) is 0 Å². The van der Waals surface area contributed by atoms with Crippen molar-refractivity contribution in [2.45, 2.75) is 13.8 Å². The molecule has 0 atom stereocenters. The number of aliphatic hydroxyl groups excluding tert-OH is 1. The van der Waals surface area contributed by atoms with E-state index in [1.165, 1.54) is 0 Å². The molecule has 0 radical (unpaired) electrons. The molecule has 54 valence electrons. The van der Waals surface area contributed by atoms with Crippen molar-refractivity contribution >= 4 is 17.3 Å². The summed E-state index contributed by atoms with van der Waals surface area (Å²) in [5.74, 6) is 0.270. The fourth-order valence-corrected chi connectivity index (χ4v) is 0.396. The summed E-state index contributed by atoms with van der Waals surface area (Å²) in [6, 6.07) is 0. The summed E-state index contributed by atoms with van der Waals surface area (Å²) in [6.45, 7) is 4.27. The lowest BCUT2D eigenvalue weighted by atomic mass is 10.2. The number of hydrogen-bond donors (Lipinski definition) is 1. The highest BCUT2D eigenvalue weighted by Gasteiger charge is 2.00. The normalized spacial score (nSPS) is 9.78. The minimum Gasteiger partial charge on any atom is -0.484 e. The Kier molecular flexibility index (Phi) is 4.62. The molecule has 0 bridgehead atoms. The summed E-state index contributed by atoms with van der Waals surface area (Å²) in [5, 5.41) is 8.89. The van der Waals surface area contributed by atoms with Crippen LogP contribution in [0.4, 0.5) is 0 Å². The zero-order chi connectivity index (χ0) is 7.28. The van der Waals surface area contributed by atoms with Gasteiger partial charge in [0.15, 0.2) is 5.05 Å². The molecule has 0 aromatic carbocycles. The first-order valence-corrected chi connectivity index (χ1v) is 3.36. The summed E-state index contributed by atoms with van der Waals surface area (Å²) in [4.78, 5) is 0. The average molecular weight is 148 g/mol.